The summed E-state index contributed by atoms with van der Waals surface area (Å²) >= 11 is 0. The van der Waals surface area contributed by atoms with Gasteiger partial charge in [0.15, 0.2) is 9.84 Å². The molecule has 0 unspecified atom stereocenters. The van der Waals surface area contributed by atoms with E-state index in [0.29, 0.717) is 11.7 Å². The predicted octanol–water partition coefficient (Wildman–Crippen LogP) is 2.44. The molecule has 4 nitrogen and oxygen atoms in total. The van der Waals surface area contributed by atoms with Gasteiger partial charge in [-0.25, -0.2) is 8.42 Å². The molecule has 0 radical (unpaired) electrons. The van der Waals surface area contributed by atoms with Gasteiger partial charge in [-0.15, -0.1) is 0 Å². The summed E-state index contributed by atoms with van der Waals surface area (Å²) in [4.78, 5) is 2.58. The number of benzene rings is 1. The van der Waals surface area contributed by atoms with Gasteiger partial charge in [0, 0.05) is 24.5 Å². The molecule has 5 heteroatoms. The number of hydrogen-bond acceptors (Lipinski definition) is 4. The standard InChI is InChI=1S/C14H22N2O2S/c1-3-11-6-4-5-9-16(11)12-7-8-14(13(15)10-12)19(2,17)18/h7-8,10-11H,3-6,9,15H2,1-2H3/t11-/m0/s1. The second kappa shape index (κ2) is 5.41. The van der Waals surface area contributed by atoms with E-state index >= 15 is 0 Å². The minimum absolute atomic E-state index is 0.223. The Kier molecular flexibility index (Phi) is 4.04. The Morgan fingerprint density at radius 3 is 2.68 bits per heavy atom. The molecular weight excluding hydrogens is 260 g/mol. The quantitative estimate of drug-likeness (QED) is 0.865. The molecule has 0 amide bonds. The minimum Gasteiger partial charge on any atom is -0.398 e. The highest BCUT2D eigenvalue weighted by molar-refractivity contribution is 7.90. The van der Waals surface area contributed by atoms with Gasteiger partial charge in [-0.05, 0) is 43.9 Å². The average Bonchev–Trinajstić information content (AvgIpc) is 2.37. The number of hydrogen-bond donors (Lipinski definition) is 1. The number of nitrogens with zero attached hydrogens (tertiary/aromatic N) is 1. The molecule has 1 aliphatic heterocycles. The van der Waals surface area contributed by atoms with Crippen LogP contribution in [-0.4, -0.2) is 27.3 Å². The van der Waals surface area contributed by atoms with Crippen molar-refractivity contribution in [3.63, 3.8) is 0 Å². The van der Waals surface area contributed by atoms with E-state index in [-0.39, 0.29) is 4.90 Å². The van der Waals surface area contributed by atoms with Crippen molar-refractivity contribution >= 4 is 21.2 Å². The van der Waals surface area contributed by atoms with Crippen LogP contribution in [-0.2, 0) is 9.84 Å². The molecule has 1 heterocycles. The zero-order chi connectivity index (χ0) is 14.0. The van der Waals surface area contributed by atoms with E-state index in [2.05, 4.69) is 11.8 Å². The predicted molar refractivity (Wildman–Crippen MR) is 79.2 cm³/mol. The molecule has 0 bridgehead atoms. The van der Waals surface area contributed by atoms with Crippen molar-refractivity contribution in [2.75, 3.05) is 23.4 Å². The number of nitrogens with two attached hydrogens (primary N) is 1. The Hall–Kier alpha value is -1.23. The Bertz CT molecular complexity index is 555. The van der Waals surface area contributed by atoms with Gasteiger partial charge >= 0.3 is 0 Å². The number of rotatable bonds is 3. The molecule has 106 valence electrons. The van der Waals surface area contributed by atoms with Gasteiger partial charge in [-0.1, -0.05) is 6.92 Å². The van der Waals surface area contributed by atoms with E-state index in [0.717, 1.165) is 18.7 Å². The lowest BCUT2D eigenvalue weighted by Crippen LogP contribution is -2.39. The van der Waals surface area contributed by atoms with Gasteiger partial charge in [0.1, 0.15) is 0 Å². The van der Waals surface area contributed by atoms with Crippen molar-refractivity contribution in [3.05, 3.63) is 18.2 Å². The molecule has 1 aromatic carbocycles. The summed E-state index contributed by atoms with van der Waals surface area (Å²) in [5, 5.41) is 0. The van der Waals surface area contributed by atoms with Gasteiger partial charge in [0.25, 0.3) is 0 Å². The first-order chi connectivity index (χ1) is 8.93. The van der Waals surface area contributed by atoms with Gasteiger partial charge in [-0.2, -0.15) is 0 Å². The first kappa shape index (κ1) is 14.2. The summed E-state index contributed by atoms with van der Waals surface area (Å²) < 4.78 is 23.1. The van der Waals surface area contributed by atoms with Gasteiger partial charge in [0.05, 0.1) is 10.6 Å². The van der Waals surface area contributed by atoms with Crippen LogP contribution in [0.4, 0.5) is 11.4 Å². The highest BCUT2D eigenvalue weighted by atomic mass is 32.2. The van der Waals surface area contributed by atoms with Crippen molar-refractivity contribution in [3.8, 4) is 0 Å². The first-order valence-corrected chi connectivity index (χ1v) is 8.69. The molecule has 1 saturated heterocycles. The maximum Gasteiger partial charge on any atom is 0.177 e. The van der Waals surface area contributed by atoms with Crippen molar-refractivity contribution < 1.29 is 8.42 Å². The monoisotopic (exact) mass is 282 g/mol. The largest absolute Gasteiger partial charge is 0.398 e. The van der Waals surface area contributed by atoms with Crippen LogP contribution in [0, 0.1) is 0 Å². The minimum atomic E-state index is -3.24. The third-order valence-corrected chi connectivity index (χ3v) is 4.99. The summed E-state index contributed by atoms with van der Waals surface area (Å²) in [7, 11) is -3.24. The van der Waals surface area contributed by atoms with E-state index in [1.165, 1.54) is 25.5 Å². The van der Waals surface area contributed by atoms with Crippen LogP contribution in [0.2, 0.25) is 0 Å². The topological polar surface area (TPSA) is 63.4 Å². The average molecular weight is 282 g/mol. The fraction of sp³-hybridized carbons (Fsp3) is 0.571. The molecule has 0 saturated carbocycles. The number of anilines is 2. The van der Waals surface area contributed by atoms with Gasteiger partial charge in [-0.3, -0.25) is 0 Å². The fourth-order valence-electron chi connectivity index (χ4n) is 2.82. The van der Waals surface area contributed by atoms with E-state index in [4.69, 9.17) is 5.73 Å². The van der Waals surface area contributed by atoms with Crippen molar-refractivity contribution in [2.45, 2.75) is 43.5 Å². The van der Waals surface area contributed by atoms with E-state index < -0.39 is 9.84 Å². The van der Waals surface area contributed by atoms with Gasteiger partial charge in [0.2, 0.25) is 0 Å². The molecule has 1 fully saturated rings. The summed E-state index contributed by atoms with van der Waals surface area (Å²) in [6.45, 7) is 3.22. The van der Waals surface area contributed by atoms with Crippen LogP contribution in [0.25, 0.3) is 0 Å². The van der Waals surface area contributed by atoms with Crippen LogP contribution in [0.3, 0.4) is 0 Å². The second-order valence-electron chi connectivity index (χ2n) is 5.25. The highest BCUT2D eigenvalue weighted by Crippen LogP contribution is 2.30. The fourth-order valence-corrected chi connectivity index (χ4v) is 3.62. The maximum atomic E-state index is 11.6. The molecule has 2 N–H and O–H groups in total. The maximum absolute atomic E-state index is 11.6. The summed E-state index contributed by atoms with van der Waals surface area (Å²) in [5.41, 5.74) is 7.28. The first-order valence-electron chi connectivity index (χ1n) is 6.79. The van der Waals surface area contributed by atoms with Crippen LogP contribution >= 0.6 is 0 Å². The van der Waals surface area contributed by atoms with Crippen LogP contribution in [0.15, 0.2) is 23.1 Å². The van der Waals surface area contributed by atoms with Crippen LogP contribution < -0.4 is 10.6 Å². The third kappa shape index (κ3) is 3.03. The number of nitrogen functional groups attached to an aromatic ring is 1. The lowest BCUT2D eigenvalue weighted by atomic mass is 9.99. The van der Waals surface area contributed by atoms with E-state index in [1.54, 1.807) is 12.1 Å². The Morgan fingerprint density at radius 1 is 1.37 bits per heavy atom. The van der Waals surface area contributed by atoms with Crippen molar-refractivity contribution in [1.29, 1.82) is 0 Å². The molecule has 0 aliphatic carbocycles. The summed E-state index contributed by atoms with van der Waals surface area (Å²) in [6.07, 6.45) is 5.95. The summed E-state index contributed by atoms with van der Waals surface area (Å²) in [6, 6.07) is 5.84. The van der Waals surface area contributed by atoms with Gasteiger partial charge < -0.3 is 10.6 Å². The van der Waals surface area contributed by atoms with E-state index in [9.17, 15) is 8.42 Å². The molecule has 2 rings (SSSR count). The Labute approximate surface area is 115 Å². The van der Waals surface area contributed by atoms with Crippen LogP contribution in [0.1, 0.15) is 32.6 Å². The van der Waals surface area contributed by atoms with Crippen molar-refractivity contribution in [2.24, 2.45) is 0 Å². The second-order valence-corrected chi connectivity index (χ2v) is 7.23. The lowest BCUT2D eigenvalue weighted by Gasteiger charge is -2.37. The number of sulfone groups is 1. The molecule has 1 aromatic rings. The SMILES string of the molecule is CC[C@H]1CCCCN1c1ccc(S(C)(=O)=O)c(N)c1. The molecular formula is C14H22N2O2S. The molecule has 19 heavy (non-hydrogen) atoms. The lowest BCUT2D eigenvalue weighted by molar-refractivity contribution is 0.450. The van der Waals surface area contributed by atoms with Crippen LogP contribution in [0.5, 0.6) is 0 Å². The number of piperidine rings is 1. The molecule has 1 aliphatic rings. The Morgan fingerprint density at radius 2 is 2.11 bits per heavy atom. The smallest absolute Gasteiger partial charge is 0.177 e. The zero-order valence-electron chi connectivity index (χ0n) is 11.6. The summed E-state index contributed by atoms with van der Waals surface area (Å²) in [5.74, 6) is 0. The zero-order valence-corrected chi connectivity index (χ0v) is 12.4. The third-order valence-electron chi connectivity index (χ3n) is 3.82. The Balaban J connectivity index is 2.33. The normalized spacial score (nSPS) is 20.5. The highest BCUT2D eigenvalue weighted by Gasteiger charge is 2.22. The molecule has 1 atom stereocenters. The molecule has 0 spiro atoms. The van der Waals surface area contributed by atoms with Crippen molar-refractivity contribution in [1.82, 2.24) is 0 Å². The molecule has 0 aromatic heterocycles. The van der Waals surface area contributed by atoms with E-state index in [1.807, 2.05) is 6.07 Å².